The molecule has 0 bridgehead atoms. The molecule has 0 saturated heterocycles. The Morgan fingerprint density at radius 1 is 0.824 bits per heavy atom. The van der Waals surface area contributed by atoms with Crippen LogP contribution in [0.1, 0.15) is 17.9 Å². The summed E-state index contributed by atoms with van der Waals surface area (Å²) >= 11 is 0. The average Bonchev–Trinajstić information content (AvgIpc) is 3.14. The molecule has 80 valence electrons. The highest BCUT2D eigenvalue weighted by Crippen LogP contribution is 2.52. The third-order valence-electron chi connectivity index (χ3n) is 4.47. The lowest BCUT2D eigenvalue weighted by molar-refractivity contribution is 1.05. The molecule has 0 N–H and O–H groups in total. The molecule has 0 nitrogen and oxygen atoms in total. The van der Waals surface area contributed by atoms with Crippen LogP contribution in [0.3, 0.4) is 0 Å². The topological polar surface area (TPSA) is 0 Å². The lowest BCUT2D eigenvalue weighted by atomic mass is 9.90. The van der Waals surface area contributed by atoms with Gasteiger partial charge < -0.3 is 0 Å². The highest BCUT2D eigenvalue weighted by atomic mass is 14.4. The van der Waals surface area contributed by atoms with Crippen molar-refractivity contribution in [1.29, 1.82) is 0 Å². The van der Waals surface area contributed by atoms with Gasteiger partial charge in [-0.05, 0) is 50.6 Å². The highest BCUT2D eigenvalue weighted by Gasteiger charge is 2.39. The first-order valence-electron chi connectivity index (χ1n) is 6.38. The SMILES string of the molecule is C1=c2ccc3cccc4ccc(c2c43)C2CC12. The van der Waals surface area contributed by atoms with Crippen LogP contribution in [0.5, 0.6) is 0 Å². The van der Waals surface area contributed by atoms with Crippen molar-refractivity contribution >= 4 is 27.6 Å². The van der Waals surface area contributed by atoms with Crippen molar-refractivity contribution in [3.63, 3.8) is 0 Å². The van der Waals surface area contributed by atoms with Crippen LogP contribution in [0.15, 0.2) is 42.5 Å². The van der Waals surface area contributed by atoms with Crippen LogP contribution in [0.2, 0.25) is 0 Å². The number of benzene rings is 3. The molecule has 0 aromatic heterocycles. The van der Waals surface area contributed by atoms with E-state index in [1.807, 2.05) is 0 Å². The number of hydrogen-bond donors (Lipinski definition) is 0. The molecular weight excluding hydrogens is 204 g/mol. The molecule has 3 aromatic carbocycles. The van der Waals surface area contributed by atoms with Crippen LogP contribution < -0.4 is 5.22 Å². The van der Waals surface area contributed by atoms with E-state index in [2.05, 4.69) is 48.5 Å². The van der Waals surface area contributed by atoms with E-state index in [1.54, 1.807) is 5.56 Å². The fourth-order valence-electron chi connectivity index (χ4n) is 3.57. The van der Waals surface area contributed by atoms with E-state index in [4.69, 9.17) is 0 Å². The second kappa shape index (κ2) is 2.53. The Bertz CT molecular complexity index is 810. The molecule has 1 saturated carbocycles. The third kappa shape index (κ3) is 0.906. The summed E-state index contributed by atoms with van der Waals surface area (Å²) in [6.07, 6.45) is 3.84. The van der Waals surface area contributed by atoms with Crippen molar-refractivity contribution in [3.05, 3.63) is 53.2 Å². The summed E-state index contributed by atoms with van der Waals surface area (Å²) in [7, 11) is 0. The molecule has 0 spiro atoms. The van der Waals surface area contributed by atoms with Crippen LogP contribution >= 0.6 is 0 Å². The van der Waals surface area contributed by atoms with E-state index in [-0.39, 0.29) is 0 Å². The molecular formula is C17H12. The van der Waals surface area contributed by atoms with Crippen LogP contribution in [-0.4, -0.2) is 0 Å². The second-order valence-corrected chi connectivity index (χ2v) is 5.44. The molecule has 0 heteroatoms. The molecule has 0 amide bonds. The summed E-state index contributed by atoms with van der Waals surface area (Å²) in [5, 5.41) is 7.23. The Labute approximate surface area is 99.5 Å². The summed E-state index contributed by atoms with van der Waals surface area (Å²) in [4.78, 5) is 0. The van der Waals surface area contributed by atoms with E-state index in [1.165, 1.54) is 33.2 Å². The third-order valence-corrected chi connectivity index (χ3v) is 4.47. The first-order valence-corrected chi connectivity index (χ1v) is 6.38. The van der Waals surface area contributed by atoms with Crippen LogP contribution in [-0.2, 0) is 0 Å². The molecule has 2 aliphatic rings. The summed E-state index contributed by atoms with van der Waals surface area (Å²) in [6, 6.07) is 15.9. The minimum Gasteiger partial charge on any atom is -0.0729 e. The van der Waals surface area contributed by atoms with Gasteiger partial charge in [-0.2, -0.15) is 0 Å². The monoisotopic (exact) mass is 216 g/mol. The van der Waals surface area contributed by atoms with Gasteiger partial charge in [0.25, 0.3) is 0 Å². The molecule has 2 atom stereocenters. The first-order chi connectivity index (χ1) is 8.42. The highest BCUT2D eigenvalue weighted by molar-refractivity contribution is 6.12. The smallest absolute Gasteiger partial charge is 0.00301 e. The van der Waals surface area contributed by atoms with Gasteiger partial charge in [0, 0.05) is 0 Å². The van der Waals surface area contributed by atoms with Gasteiger partial charge in [0.2, 0.25) is 0 Å². The Kier molecular flexibility index (Phi) is 1.24. The summed E-state index contributed by atoms with van der Waals surface area (Å²) < 4.78 is 0. The van der Waals surface area contributed by atoms with Crippen LogP contribution in [0, 0.1) is 5.92 Å². The molecule has 1 fully saturated rings. The lowest BCUT2D eigenvalue weighted by Crippen LogP contribution is -2.09. The zero-order valence-electron chi connectivity index (χ0n) is 9.48. The number of hydrogen-bond acceptors (Lipinski definition) is 0. The number of rotatable bonds is 0. The summed E-state index contributed by atoms with van der Waals surface area (Å²) in [5.74, 6) is 1.64. The maximum absolute atomic E-state index is 2.48. The van der Waals surface area contributed by atoms with Gasteiger partial charge in [0.05, 0.1) is 0 Å². The predicted molar refractivity (Wildman–Crippen MR) is 72.0 cm³/mol. The van der Waals surface area contributed by atoms with Gasteiger partial charge in [-0.3, -0.25) is 0 Å². The quantitative estimate of drug-likeness (QED) is 0.538. The molecule has 0 heterocycles. The predicted octanol–water partition coefficient (Wildman–Crippen LogP) is 3.61. The molecule has 0 radical (unpaired) electrons. The molecule has 0 aliphatic heterocycles. The maximum atomic E-state index is 2.48. The van der Waals surface area contributed by atoms with E-state index < -0.39 is 0 Å². The lowest BCUT2D eigenvalue weighted by Gasteiger charge is -2.14. The minimum atomic E-state index is 0.817. The Hall–Kier alpha value is -1.82. The van der Waals surface area contributed by atoms with E-state index >= 15 is 0 Å². The van der Waals surface area contributed by atoms with Crippen molar-refractivity contribution in [2.24, 2.45) is 5.92 Å². The van der Waals surface area contributed by atoms with E-state index in [0.717, 1.165) is 11.8 Å². The van der Waals surface area contributed by atoms with Crippen LogP contribution in [0.4, 0.5) is 0 Å². The van der Waals surface area contributed by atoms with Gasteiger partial charge >= 0.3 is 0 Å². The maximum Gasteiger partial charge on any atom is -0.00301 e. The summed E-state index contributed by atoms with van der Waals surface area (Å²) in [5.41, 5.74) is 1.59. The molecule has 2 unspecified atom stereocenters. The summed E-state index contributed by atoms with van der Waals surface area (Å²) in [6.45, 7) is 0. The van der Waals surface area contributed by atoms with Gasteiger partial charge in [0.15, 0.2) is 0 Å². The fourth-order valence-corrected chi connectivity index (χ4v) is 3.57. The molecule has 2 aliphatic carbocycles. The minimum absolute atomic E-state index is 0.817. The van der Waals surface area contributed by atoms with Gasteiger partial charge in [0.1, 0.15) is 0 Å². The van der Waals surface area contributed by atoms with Crippen molar-refractivity contribution in [3.8, 4) is 0 Å². The van der Waals surface area contributed by atoms with Gasteiger partial charge in [-0.1, -0.05) is 48.5 Å². The van der Waals surface area contributed by atoms with Crippen molar-refractivity contribution < 1.29 is 0 Å². The van der Waals surface area contributed by atoms with Crippen molar-refractivity contribution in [2.45, 2.75) is 12.3 Å². The molecule has 5 rings (SSSR count). The van der Waals surface area contributed by atoms with E-state index in [0.29, 0.717) is 0 Å². The Morgan fingerprint density at radius 2 is 1.65 bits per heavy atom. The largest absolute Gasteiger partial charge is 0.0729 e. The molecule has 17 heavy (non-hydrogen) atoms. The normalized spacial score (nSPS) is 24.7. The van der Waals surface area contributed by atoms with Crippen molar-refractivity contribution in [1.82, 2.24) is 0 Å². The van der Waals surface area contributed by atoms with Gasteiger partial charge in [-0.15, -0.1) is 0 Å². The average molecular weight is 216 g/mol. The van der Waals surface area contributed by atoms with Crippen molar-refractivity contribution in [2.75, 3.05) is 0 Å². The van der Waals surface area contributed by atoms with E-state index in [9.17, 15) is 0 Å². The number of fused-ring (bicyclic) bond motifs is 2. The van der Waals surface area contributed by atoms with Crippen LogP contribution in [0.25, 0.3) is 27.6 Å². The van der Waals surface area contributed by atoms with Gasteiger partial charge in [-0.25, -0.2) is 0 Å². The Balaban J connectivity index is 2.19. The Morgan fingerprint density at radius 3 is 2.53 bits per heavy atom. The zero-order chi connectivity index (χ0) is 11.0. The standard InChI is InChI=1S/C17H12/c1-2-10-4-5-12-8-13-9-15(13)14-7-6-11(3-1)16(10)17(12)14/h1-8,13,15H,9H2. The molecule has 3 aromatic rings. The first kappa shape index (κ1) is 8.30. The fraction of sp³-hybridized carbons (Fsp3) is 0.176. The second-order valence-electron chi connectivity index (χ2n) is 5.44. The zero-order valence-corrected chi connectivity index (χ0v) is 9.48.